The van der Waals surface area contributed by atoms with Crippen LogP contribution in [0.25, 0.3) is 11.3 Å². The molecule has 9 heteroatoms. The number of rotatable bonds is 8. The van der Waals surface area contributed by atoms with Gasteiger partial charge in [0, 0.05) is 23.2 Å². The zero-order valence-corrected chi connectivity index (χ0v) is 19.3. The van der Waals surface area contributed by atoms with E-state index in [1.807, 2.05) is 19.1 Å². The van der Waals surface area contributed by atoms with Crippen LogP contribution < -0.4 is 21.5 Å². The average molecular weight is 468 g/mol. The molecule has 0 bridgehead atoms. The SMILES string of the molecule is COc1ccc(C)cc1C(O)NCc1ccc(-c2nn(C3CCCC3)c(N)c2C(N)=O)cc1F. The lowest BCUT2D eigenvalue weighted by molar-refractivity contribution is 0.100. The van der Waals surface area contributed by atoms with Gasteiger partial charge in [0.15, 0.2) is 0 Å². The van der Waals surface area contributed by atoms with Crippen LogP contribution in [0.2, 0.25) is 0 Å². The lowest BCUT2D eigenvalue weighted by Gasteiger charge is -2.17. The quantitative estimate of drug-likeness (QED) is 0.375. The number of hydrogen-bond acceptors (Lipinski definition) is 6. The Labute approximate surface area is 197 Å². The first-order valence-corrected chi connectivity index (χ1v) is 11.3. The summed E-state index contributed by atoms with van der Waals surface area (Å²) in [6.07, 6.45) is 2.95. The molecule has 0 radical (unpaired) electrons. The number of hydrogen-bond donors (Lipinski definition) is 4. The highest BCUT2D eigenvalue weighted by molar-refractivity contribution is 6.03. The third kappa shape index (κ3) is 4.62. The Kier molecular flexibility index (Phi) is 6.85. The Bertz CT molecular complexity index is 1200. The molecule has 34 heavy (non-hydrogen) atoms. The molecule has 2 aromatic carbocycles. The predicted octanol–water partition coefficient (Wildman–Crippen LogP) is 3.58. The molecule has 180 valence electrons. The van der Waals surface area contributed by atoms with Crippen LogP contribution in [0.4, 0.5) is 10.2 Å². The minimum atomic E-state index is -1.04. The van der Waals surface area contributed by atoms with Gasteiger partial charge >= 0.3 is 0 Å². The summed E-state index contributed by atoms with van der Waals surface area (Å²) in [7, 11) is 1.53. The molecule has 1 aliphatic carbocycles. The molecule has 1 amide bonds. The highest BCUT2D eigenvalue weighted by atomic mass is 19.1. The molecule has 0 saturated heterocycles. The van der Waals surface area contributed by atoms with Crippen molar-refractivity contribution in [1.82, 2.24) is 15.1 Å². The fourth-order valence-corrected chi connectivity index (χ4v) is 4.54. The number of aromatic nitrogens is 2. The zero-order chi connectivity index (χ0) is 24.4. The molecule has 3 aromatic rings. The molecule has 4 rings (SSSR count). The molecule has 1 aromatic heterocycles. The molecular formula is C25H30FN5O3. The molecule has 1 heterocycles. The van der Waals surface area contributed by atoms with Crippen LogP contribution in [0.1, 0.15) is 65.0 Å². The van der Waals surface area contributed by atoms with Crippen LogP contribution in [0, 0.1) is 12.7 Å². The van der Waals surface area contributed by atoms with Crippen molar-refractivity contribution in [2.24, 2.45) is 5.73 Å². The molecule has 1 fully saturated rings. The van der Waals surface area contributed by atoms with E-state index in [2.05, 4.69) is 10.4 Å². The number of anilines is 1. The number of aliphatic hydroxyl groups is 1. The fourth-order valence-electron chi connectivity index (χ4n) is 4.54. The molecule has 1 saturated carbocycles. The van der Waals surface area contributed by atoms with Gasteiger partial charge in [0.2, 0.25) is 0 Å². The number of benzene rings is 2. The summed E-state index contributed by atoms with van der Waals surface area (Å²) in [5.41, 5.74) is 14.5. The van der Waals surface area contributed by atoms with Gasteiger partial charge in [-0.1, -0.05) is 36.6 Å². The Balaban J connectivity index is 1.57. The number of nitrogens with one attached hydrogen (secondary N) is 1. The number of methoxy groups -OCH3 is 1. The van der Waals surface area contributed by atoms with E-state index in [1.54, 1.807) is 22.9 Å². The fraction of sp³-hybridized carbons (Fsp3) is 0.360. The number of halogens is 1. The number of ether oxygens (including phenoxy) is 1. The minimum Gasteiger partial charge on any atom is -0.496 e. The second-order valence-corrected chi connectivity index (χ2v) is 8.69. The van der Waals surface area contributed by atoms with E-state index in [-0.39, 0.29) is 29.7 Å². The maximum absolute atomic E-state index is 15.0. The van der Waals surface area contributed by atoms with Crippen molar-refractivity contribution in [3.63, 3.8) is 0 Å². The van der Waals surface area contributed by atoms with Gasteiger partial charge in [-0.15, -0.1) is 0 Å². The number of nitrogens with zero attached hydrogens (tertiary/aromatic N) is 2. The Morgan fingerprint density at radius 2 is 2.03 bits per heavy atom. The van der Waals surface area contributed by atoms with Crippen LogP contribution in [-0.2, 0) is 6.54 Å². The monoisotopic (exact) mass is 467 g/mol. The van der Waals surface area contributed by atoms with Crippen molar-refractivity contribution >= 4 is 11.7 Å². The summed E-state index contributed by atoms with van der Waals surface area (Å²) >= 11 is 0. The van der Waals surface area contributed by atoms with Crippen molar-refractivity contribution in [2.45, 2.75) is 51.4 Å². The first-order chi connectivity index (χ1) is 16.3. The number of nitrogens with two attached hydrogens (primary N) is 2. The zero-order valence-electron chi connectivity index (χ0n) is 19.3. The summed E-state index contributed by atoms with van der Waals surface area (Å²) in [5, 5.41) is 18.1. The second-order valence-electron chi connectivity index (χ2n) is 8.69. The third-order valence-corrected chi connectivity index (χ3v) is 6.36. The van der Waals surface area contributed by atoms with Crippen LogP contribution in [-0.4, -0.2) is 27.9 Å². The first-order valence-electron chi connectivity index (χ1n) is 11.3. The van der Waals surface area contributed by atoms with E-state index in [1.165, 1.54) is 13.2 Å². The van der Waals surface area contributed by atoms with Gasteiger partial charge in [-0.05, 0) is 38.0 Å². The summed E-state index contributed by atoms with van der Waals surface area (Å²) in [6.45, 7) is 1.99. The van der Waals surface area contributed by atoms with E-state index >= 15 is 4.39 Å². The second kappa shape index (κ2) is 9.82. The molecule has 1 atom stereocenters. The molecule has 0 aliphatic heterocycles. The number of nitrogen functional groups attached to an aromatic ring is 1. The van der Waals surface area contributed by atoms with E-state index < -0.39 is 18.0 Å². The average Bonchev–Trinajstić information content (AvgIpc) is 3.45. The molecule has 1 unspecified atom stereocenters. The summed E-state index contributed by atoms with van der Waals surface area (Å²) in [5.74, 6) is -0.442. The van der Waals surface area contributed by atoms with Gasteiger partial charge < -0.3 is 21.3 Å². The molecule has 8 nitrogen and oxygen atoms in total. The van der Waals surface area contributed by atoms with E-state index in [0.29, 0.717) is 22.4 Å². The van der Waals surface area contributed by atoms with Crippen LogP contribution in [0.3, 0.4) is 0 Å². The standard InChI is InChI=1S/C25H30FN5O3/c1-14-7-10-20(34-2)18(11-14)25(33)29-13-16-9-8-15(12-19(16)26)22-21(24(28)32)23(27)31(30-22)17-5-3-4-6-17/h7-12,17,25,29,33H,3-6,13,27H2,1-2H3,(H2,28,32). The van der Waals surface area contributed by atoms with E-state index in [4.69, 9.17) is 16.2 Å². The first kappa shape index (κ1) is 23.7. The van der Waals surface area contributed by atoms with Gasteiger partial charge in [0.25, 0.3) is 5.91 Å². The highest BCUT2D eigenvalue weighted by Gasteiger charge is 2.27. The van der Waals surface area contributed by atoms with Crippen LogP contribution in [0.15, 0.2) is 36.4 Å². The number of carbonyl (C=O) groups is 1. The van der Waals surface area contributed by atoms with Crippen molar-refractivity contribution in [1.29, 1.82) is 0 Å². The van der Waals surface area contributed by atoms with Gasteiger partial charge in [0.05, 0.1) is 13.2 Å². The topological polar surface area (TPSA) is 128 Å². The highest BCUT2D eigenvalue weighted by Crippen LogP contribution is 2.36. The number of primary amides is 1. The minimum absolute atomic E-state index is 0.0751. The normalized spacial score (nSPS) is 14.9. The van der Waals surface area contributed by atoms with E-state index in [0.717, 1.165) is 31.2 Å². The lowest BCUT2D eigenvalue weighted by Crippen LogP contribution is -2.21. The Morgan fingerprint density at radius 3 is 2.68 bits per heavy atom. The maximum atomic E-state index is 15.0. The molecule has 0 spiro atoms. The molecule has 6 N–H and O–H groups in total. The van der Waals surface area contributed by atoms with Gasteiger partial charge in [-0.25, -0.2) is 9.07 Å². The number of carbonyl (C=O) groups excluding carboxylic acids is 1. The molecular weight excluding hydrogens is 437 g/mol. The van der Waals surface area contributed by atoms with Gasteiger partial charge in [-0.2, -0.15) is 5.10 Å². The Hall–Kier alpha value is -3.43. The Morgan fingerprint density at radius 1 is 1.29 bits per heavy atom. The van der Waals surface area contributed by atoms with Crippen LogP contribution in [0.5, 0.6) is 5.75 Å². The van der Waals surface area contributed by atoms with Crippen LogP contribution >= 0.6 is 0 Å². The van der Waals surface area contributed by atoms with Crippen molar-refractivity contribution in [2.75, 3.05) is 12.8 Å². The summed E-state index contributed by atoms with van der Waals surface area (Å²) < 4.78 is 22.0. The predicted molar refractivity (Wildman–Crippen MR) is 128 cm³/mol. The number of amides is 1. The van der Waals surface area contributed by atoms with Crippen molar-refractivity contribution in [3.05, 3.63) is 64.5 Å². The van der Waals surface area contributed by atoms with Gasteiger partial charge in [-0.3, -0.25) is 10.1 Å². The smallest absolute Gasteiger partial charge is 0.254 e. The van der Waals surface area contributed by atoms with Crippen molar-refractivity contribution < 1.29 is 19.0 Å². The molecule has 1 aliphatic rings. The maximum Gasteiger partial charge on any atom is 0.254 e. The van der Waals surface area contributed by atoms with Gasteiger partial charge in [0.1, 0.15) is 34.9 Å². The summed E-state index contributed by atoms with van der Waals surface area (Å²) in [6, 6.07) is 10.2. The van der Waals surface area contributed by atoms with Crippen molar-refractivity contribution in [3.8, 4) is 17.0 Å². The number of aliphatic hydroxyl groups excluding tert-OH is 1. The summed E-state index contributed by atoms with van der Waals surface area (Å²) in [4.78, 5) is 12.1. The third-order valence-electron chi connectivity index (χ3n) is 6.36. The number of aryl methyl sites for hydroxylation is 1. The largest absolute Gasteiger partial charge is 0.496 e. The lowest BCUT2D eigenvalue weighted by atomic mass is 10.0. The van der Waals surface area contributed by atoms with E-state index in [9.17, 15) is 9.90 Å².